The summed E-state index contributed by atoms with van der Waals surface area (Å²) in [5.74, 6) is -0.102. The highest BCUT2D eigenvalue weighted by atomic mass is 16.6. The largest absolute Gasteiger partial charge is 0.445 e. The van der Waals surface area contributed by atoms with Crippen molar-refractivity contribution in [1.82, 2.24) is 9.80 Å². The first-order valence-electron chi connectivity index (χ1n) is 7.97. The summed E-state index contributed by atoms with van der Waals surface area (Å²) in [5, 5.41) is 0. The number of likely N-dealkylation sites (N-methyl/N-ethyl adjacent to an activating group) is 1. The van der Waals surface area contributed by atoms with Crippen LogP contribution in [0, 0.1) is 0 Å². The van der Waals surface area contributed by atoms with Crippen LogP contribution >= 0.6 is 0 Å². The number of amides is 2. The number of benzene rings is 1. The van der Waals surface area contributed by atoms with E-state index in [0.29, 0.717) is 13.1 Å². The molecule has 6 nitrogen and oxygen atoms in total. The lowest BCUT2D eigenvalue weighted by atomic mass is 10.0. The van der Waals surface area contributed by atoms with Gasteiger partial charge in [-0.25, -0.2) is 4.79 Å². The fourth-order valence-corrected chi connectivity index (χ4v) is 2.75. The molecule has 0 bridgehead atoms. The Kier molecular flexibility index (Phi) is 5.98. The summed E-state index contributed by atoms with van der Waals surface area (Å²) >= 11 is 0. The molecule has 0 saturated carbocycles. The molecule has 6 heteroatoms. The number of rotatable bonds is 4. The van der Waals surface area contributed by atoms with Crippen molar-refractivity contribution in [3.05, 3.63) is 35.9 Å². The highest BCUT2D eigenvalue weighted by molar-refractivity contribution is 5.81. The van der Waals surface area contributed by atoms with E-state index >= 15 is 0 Å². The molecule has 1 heterocycles. The number of ether oxygens (including phenoxy) is 1. The van der Waals surface area contributed by atoms with Crippen LogP contribution in [-0.2, 0) is 16.1 Å². The molecule has 1 aliphatic heterocycles. The van der Waals surface area contributed by atoms with Crippen LogP contribution in [0.4, 0.5) is 4.79 Å². The van der Waals surface area contributed by atoms with Crippen LogP contribution in [0.15, 0.2) is 30.3 Å². The normalized spacial score (nSPS) is 19.1. The minimum Gasteiger partial charge on any atom is -0.445 e. The number of likely N-dealkylation sites (tertiary alicyclic amines) is 1. The molecular formula is C17H25N3O3. The minimum absolute atomic E-state index is 0.00785. The lowest BCUT2D eigenvalue weighted by Gasteiger charge is -2.37. The van der Waals surface area contributed by atoms with Crippen molar-refractivity contribution < 1.29 is 14.3 Å². The van der Waals surface area contributed by atoms with E-state index in [2.05, 4.69) is 0 Å². The standard InChI is InChI=1S/C17H25N3O3/c1-13(18)16(21)19(2)15-9-6-10-20(11-15)17(22)23-12-14-7-4-3-5-8-14/h3-5,7-8,13,15H,6,9-12,18H2,1-2H3/t13-,15?/m0/s1. The van der Waals surface area contributed by atoms with Gasteiger partial charge in [0, 0.05) is 26.2 Å². The van der Waals surface area contributed by atoms with Crippen LogP contribution in [0.1, 0.15) is 25.3 Å². The Morgan fingerprint density at radius 2 is 2.09 bits per heavy atom. The molecule has 0 aliphatic carbocycles. The molecule has 126 valence electrons. The lowest BCUT2D eigenvalue weighted by Crippen LogP contribution is -2.53. The molecule has 1 unspecified atom stereocenters. The van der Waals surface area contributed by atoms with Crippen molar-refractivity contribution in [3.63, 3.8) is 0 Å². The summed E-state index contributed by atoms with van der Waals surface area (Å²) in [6.07, 6.45) is 1.39. The smallest absolute Gasteiger partial charge is 0.410 e. The van der Waals surface area contributed by atoms with Crippen molar-refractivity contribution in [2.45, 2.75) is 38.5 Å². The molecule has 1 aromatic carbocycles. The van der Waals surface area contributed by atoms with E-state index in [9.17, 15) is 9.59 Å². The molecule has 0 radical (unpaired) electrons. The second-order valence-electron chi connectivity index (χ2n) is 6.02. The molecule has 1 aliphatic rings. The third-order valence-electron chi connectivity index (χ3n) is 4.14. The van der Waals surface area contributed by atoms with Gasteiger partial charge in [0.1, 0.15) is 6.61 Å². The Labute approximate surface area is 137 Å². The predicted octanol–water partition coefficient (Wildman–Crippen LogP) is 1.59. The topological polar surface area (TPSA) is 75.9 Å². The number of nitrogens with two attached hydrogens (primary N) is 1. The zero-order valence-corrected chi connectivity index (χ0v) is 13.8. The van der Waals surface area contributed by atoms with Gasteiger partial charge in [0.05, 0.1) is 6.04 Å². The number of piperidine rings is 1. The maximum Gasteiger partial charge on any atom is 0.410 e. The zero-order chi connectivity index (χ0) is 16.8. The molecule has 1 saturated heterocycles. The fraction of sp³-hybridized carbons (Fsp3) is 0.529. The summed E-state index contributed by atoms with van der Waals surface area (Å²) in [7, 11) is 1.75. The summed E-state index contributed by atoms with van der Waals surface area (Å²) in [6, 6.07) is 9.05. The van der Waals surface area contributed by atoms with Crippen LogP contribution in [0.3, 0.4) is 0 Å². The van der Waals surface area contributed by atoms with E-state index < -0.39 is 6.04 Å². The number of hydrogen-bond acceptors (Lipinski definition) is 4. The Morgan fingerprint density at radius 1 is 1.39 bits per heavy atom. The Bertz CT molecular complexity index is 533. The van der Waals surface area contributed by atoms with Crippen LogP contribution in [0.25, 0.3) is 0 Å². The fourth-order valence-electron chi connectivity index (χ4n) is 2.75. The molecule has 1 fully saturated rings. The van der Waals surface area contributed by atoms with Gasteiger partial charge in [-0.15, -0.1) is 0 Å². The number of hydrogen-bond donors (Lipinski definition) is 1. The van der Waals surface area contributed by atoms with Gasteiger partial charge in [-0.3, -0.25) is 4.79 Å². The highest BCUT2D eigenvalue weighted by Crippen LogP contribution is 2.17. The number of nitrogens with zero attached hydrogens (tertiary/aromatic N) is 2. The molecule has 1 aromatic rings. The molecule has 2 atom stereocenters. The third-order valence-corrected chi connectivity index (χ3v) is 4.14. The first kappa shape index (κ1) is 17.3. The van der Waals surface area contributed by atoms with Gasteiger partial charge < -0.3 is 20.3 Å². The van der Waals surface area contributed by atoms with Crippen molar-refractivity contribution in [3.8, 4) is 0 Å². The Morgan fingerprint density at radius 3 is 2.74 bits per heavy atom. The number of carbonyl (C=O) groups is 2. The summed E-state index contributed by atoms with van der Waals surface area (Å²) in [6.45, 7) is 3.08. The van der Waals surface area contributed by atoms with Gasteiger partial charge in [0.15, 0.2) is 0 Å². The average Bonchev–Trinajstić information content (AvgIpc) is 2.59. The quantitative estimate of drug-likeness (QED) is 0.914. The Balaban J connectivity index is 1.87. The maximum absolute atomic E-state index is 12.2. The molecule has 2 N–H and O–H groups in total. The van der Waals surface area contributed by atoms with Crippen molar-refractivity contribution in [1.29, 1.82) is 0 Å². The van der Waals surface area contributed by atoms with Crippen LogP contribution < -0.4 is 5.73 Å². The highest BCUT2D eigenvalue weighted by Gasteiger charge is 2.30. The van der Waals surface area contributed by atoms with Crippen molar-refractivity contribution in [2.75, 3.05) is 20.1 Å². The second-order valence-corrected chi connectivity index (χ2v) is 6.02. The average molecular weight is 319 g/mol. The van der Waals surface area contributed by atoms with Crippen molar-refractivity contribution >= 4 is 12.0 Å². The summed E-state index contributed by atoms with van der Waals surface area (Å²) in [4.78, 5) is 27.5. The van der Waals surface area contributed by atoms with Gasteiger partial charge in [0.25, 0.3) is 0 Å². The minimum atomic E-state index is -0.527. The van der Waals surface area contributed by atoms with Gasteiger partial charge >= 0.3 is 6.09 Å². The molecule has 0 spiro atoms. The zero-order valence-electron chi connectivity index (χ0n) is 13.8. The predicted molar refractivity (Wildman–Crippen MR) is 87.6 cm³/mol. The Hall–Kier alpha value is -2.08. The maximum atomic E-state index is 12.2. The monoisotopic (exact) mass is 319 g/mol. The van der Waals surface area contributed by atoms with E-state index in [-0.39, 0.29) is 24.6 Å². The molecule has 2 rings (SSSR count). The first-order chi connectivity index (χ1) is 11.0. The third kappa shape index (κ3) is 4.69. The van der Waals surface area contributed by atoms with E-state index in [1.165, 1.54) is 0 Å². The molecule has 0 aromatic heterocycles. The molecule has 23 heavy (non-hydrogen) atoms. The van der Waals surface area contributed by atoms with Gasteiger partial charge in [0.2, 0.25) is 5.91 Å². The second kappa shape index (κ2) is 7.97. The van der Waals surface area contributed by atoms with E-state index in [0.717, 1.165) is 18.4 Å². The van der Waals surface area contributed by atoms with E-state index in [1.54, 1.807) is 23.8 Å². The van der Waals surface area contributed by atoms with Gasteiger partial charge in [-0.05, 0) is 25.3 Å². The first-order valence-corrected chi connectivity index (χ1v) is 7.97. The van der Waals surface area contributed by atoms with E-state index in [4.69, 9.17) is 10.5 Å². The number of carbonyl (C=O) groups excluding carboxylic acids is 2. The molecular weight excluding hydrogens is 294 g/mol. The van der Waals surface area contributed by atoms with Crippen LogP contribution in [0.5, 0.6) is 0 Å². The van der Waals surface area contributed by atoms with Crippen LogP contribution in [-0.4, -0.2) is 54.0 Å². The van der Waals surface area contributed by atoms with Gasteiger partial charge in [-0.1, -0.05) is 30.3 Å². The van der Waals surface area contributed by atoms with Gasteiger partial charge in [-0.2, -0.15) is 0 Å². The molecule has 2 amide bonds. The lowest BCUT2D eigenvalue weighted by molar-refractivity contribution is -0.133. The van der Waals surface area contributed by atoms with Crippen LogP contribution in [0.2, 0.25) is 0 Å². The van der Waals surface area contributed by atoms with E-state index in [1.807, 2.05) is 30.3 Å². The summed E-state index contributed by atoms with van der Waals surface area (Å²) < 4.78 is 5.36. The summed E-state index contributed by atoms with van der Waals surface area (Å²) in [5.41, 5.74) is 6.61. The SMILES string of the molecule is C[C@H](N)C(=O)N(C)C1CCCN(C(=O)OCc2ccccc2)C1. The van der Waals surface area contributed by atoms with Crippen molar-refractivity contribution in [2.24, 2.45) is 5.73 Å².